The predicted octanol–water partition coefficient (Wildman–Crippen LogP) is 4.24. The number of benzene rings is 2. The Bertz CT molecular complexity index is 555. The number of aryl methyl sites for hydroxylation is 3. The summed E-state index contributed by atoms with van der Waals surface area (Å²) in [6.45, 7) is 3.76. The zero-order valence-electron chi connectivity index (χ0n) is 11.6. The fraction of sp³-hybridized carbons (Fsp3) is 0.278. The van der Waals surface area contributed by atoms with Crippen molar-refractivity contribution in [1.82, 2.24) is 0 Å². The molecule has 0 radical (unpaired) electrons. The topological polar surface area (TPSA) is 17.1 Å². The van der Waals surface area contributed by atoms with Crippen LogP contribution in [0.5, 0.6) is 0 Å². The van der Waals surface area contributed by atoms with Gasteiger partial charge in [-0.25, -0.2) is 0 Å². The van der Waals surface area contributed by atoms with Crippen LogP contribution in [0.2, 0.25) is 0 Å². The van der Waals surface area contributed by atoms with Crippen LogP contribution in [0.4, 0.5) is 0 Å². The Morgan fingerprint density at radius 2 is 1.53 bits per heavy atom. The molecule has 0 saturated heterocycles. The third-order valence-electron chi connectivity index (χ3n) is 3.41. The molecule has 19 heavy (non-hydrogen) atoms. The smallest absolute Gasteiger partial charge is 0.159 e. The van der Waals surface area contributed by atoms with E-state index in [1.165, 1.54) is 16.7 Å². The Kier molecular flexibility index (Phi) is 4.51. The Balaban J connectivity index is 2.15. The van der Waals surface area contributed by atoms with Crippen molar-refractivity contribution in [3.05, 3.63) is 70.8 Å². The second kappa shape index (κ2) is 6.33. The van der Waals surface area contributed by atoms with E-state index in [0.29, 0.717) is 0 Å². The SMILES string of the molecule is CCc1cc(CCc2ccccc2)cc(C(C)=O)c1. The molecule has 0 spiro atoms. The first-order valence-electron chi connectivity index (χ1n) is 6.86. The first-order chi connectivity index (χ1) is 9.19. The molecule has 0 atom stereocenters. The summed E-state index contributed by atoms with van der Waals surface area (Å²) in [5.74, 6) is 0.149. The number of hydrogen-bond donors (Lipinski definition) is 0. The minimum atomic E-state index is 0.149. The number of rotatable bonds is 5. The highest BCUT2D eigenvalue weighted by molar-refractivity contribution is 5.94. The number of Topliss-reactive ketones (excluding diaryl/α,β-unsaturated/α-hetero) is 1. The van der Waals surface area contributed by atoms with Gasteiger partial charge in [-0.15, -0.1) is 0 Å². The van der Waals surface area contributed by atoms with Crippen molar-refractivity contribution in [1.29, 1.82) is 0 Å². The van der Waals surface area contributed by atoms with Crippen LogP contribution < -0.4 is 0 Å². The average Bonchev–Trinajstić information content (AvgIpc) is 2.45. The quantitative estimate of drug-likeness (QED) is 0.727. The first kappa shape index (κ1) is 13.5. The van der Waals surface area contributed by atoms with E-state index in [-0.39, 0.29) is 5.78 Å². The van der Waals surface area contributed by atoms with Crippen LogP contribution in [0.15, 0.2) is 48.5 Å². The van der Waals surface area contributed by atoms with Gasteiger partial charge in [-0.1, -0.05) is 43.3 Å². The van der Waals surface area contributed by atoms with Gasteiger partial charge in [-0.2, -0.15) is 0 Å². The molecule has 0 bridgehead atoms. The maximum absolute atomic E-state index is 11.5. The van der Waals surface area contributed by atoms with Gasteiger partial charge in [0, 0.05) is 5.56 Å². The summed E-state index contributed by atoms with van der Waals surface area (Å²) in [4.78, 5) is 11.5. The summed E-state index contributed by atoms with van der Waals surface area (Å²) in [5.41, 5.74) is 4.68. The van der Waals surface area contributed by atoms with Crippen LogP contribution >= 0.6 is 0 Å². The minimum absolute atomic E-state index is 0.149. The maximum atomic E-state index is 11.5. The lowest BCUT2D eigenvalue weighted by molar-refractivity contribution is 0.101. The van der Waals surface area contributed by atoms with Gasteiger partial charge < -0.3 is 0 Å². The Labute approximate surface area is 115 Å². The van der Waals surface area contributed by atoms with Gasteiger partial charge in [0.1, 0.15) is 0 Å². The van der Waals surface area contributed by atoms with Gasteiger partial charge in [0.15, 0.2) is 5.78 Å². The fourth-order valence-electron chi connectivity index (χ4n) is 2.25. The van der Waals surface area contributed by atoms with E-state index in [1.54, 1.807) is 6.92 Å². The molecule has 0 aliphatic carbocycles. The third-order valence-corrected chi connectivity index (χ3v) is 3.41. The largest absolute Gasteiger partial charge is 0.295 e. The van der Waals surface area contributed by atoms with Gasteiger partial charge in [-0.3, -0.25) is 4.79 Å². The summed E-state index contributed by atoms with van der Waals surface area (Å²) >= 11 is 0. The fourth-order valence-corrected chi connectivity index (χ4v) is 2.25. The van der Waals surface area contributed by atoms with Gasteiger partial charge in [0.05, 0.1) is 0 Å². The highest BCUT2D eigenvalue weighted by atomic mass is 16.1. The number of carbonyl (C=O) groups is 1. The van der Waals surface area contributed by atoms with Crippen molar-refractivity contribution < 1.29 is 4.79 Å². The molecule has 0 heterocycles. The molecule has 0 N–H and O–H groups in total. The van der Waals surface area contributed by atoms with Crippen molar-refractivity contribution >= 4 is 5.78 Å². The van der Waals surface area contributed by atoms with Crippen LogP contribution in [0.3, 0.4) is 0 Å². The summed E-state index contributed by atoms with van der Waals surface area (Å²) in [7, 11) is 0. The molecule has 0 unspecified atom stereocenters. The van der Waals surface area contributed by atoms with E-state index in [1.807, 2.05) is 18.2 Å². The second-order valence-corrected chi connectivity index (χ2v) is 4.93. The molecule has 1 heteroatoms. The predicted molar refractivity (Wildman–Crippen MR) is 79.7 cm³/mol. The number of hydrogen-bond acceptors (Lipinski definition) is 1. The Hall–Kier alpha value is -1.89. The van der Waals surface area contributed by atoms with Crippen molar-refractivity contribution in [3.8, 4) is 0 Å². The second-order valence-electron chi connectivity index (χ2n) is 4.93. The lowest BCUT2D eigenvalue weighted by atomic mass is 9.97. The molecule has 0 aliphatic heterocycles. The van der Waals surface area contributed by atoms with Gasteiger partial charge >= 0.3 is 0 Å². The maximum Gasteiger partial charge on any atom is 0.159 e. The molecule has 0 aliphatic rings. The summed E-state index contributed by atoms with van der Waals surface area (Å²) in [6, 6.07) is 16.7. The van der Waals surface area contributed by atoms with Gasteiger partial charge in [0.2, 0.25) is 0 Å². The van der Waals surface area contributed by atoms with E-state index in [0.717, 1.165) is 24.8 Å². The number of ketones is 1. The van der Waals surface area contributed by atoms with Crippen LogP contribution in [-0.2, 0) is 19.3 Å². The lowest BCUT2D eigenvalue weighted by Gasteiger charge is -2.07. The molecule has 2 aromatic rings. The normalized spacial score (nSPS) is 10.4. The molecular formula is C18H20O. The van der Waals surface area contributed by atoms with Crippen molar-refractivity contribution in [2.75, 3.05) is 0 Å². The van der Waals surface area contributed by atoms with Crippen LogP contribution in [0.1, 0.15) is 40.9 Å². The highest BCUT2D eigenvalue weighted by Gasteiger charge is 2.04. The standard InChI is InChI=1S/C18H20O/c1-3-15-11-17(13-18(12-15)14(2)19)10-9-16-7-5-4-6-8-16/h4-8,11-13H,3,9-10H2,1-2H3. The minimum Gasteiger partial charge on any atom is -0.295 e. The molecule has 2 rings (SSSR count). The molecule has 0 fully saturated rings. The van der Waals surface area contributed by atoms with Crippen LogP contribution in [0.25, 0.3) is 0 Å². The average molecular weight is 252 g/mol. The molecule has 0 saturated carbocycles. The summed E-state index contributed by atoms with van der Waals surface area (Å²) in [6.07, 6.45) is 2.98. The molecule has 1 nitrogen and oxygen atoms in total. The lowest BCUT2D eigenvalue weighted by Crippen LogP contribution is -1.99. The summed E-state index contributed by atoms with van der Waals surface area (Å²) in [5, 5.41) is 0. The molecule has 2 aromatic carbocycles. The van der Waals surface area contributed by atoms with E-state index in [9.17, 15) is 4.79 Å². The Morgan fingerprint density at radius 1 is 0.895 bits per heavy atom. The monoisotopic (exact) mass is 252 g/mol. The van der Waals surface area contributed by atoms with Gasteiger partial charge in [-0.05, 0) is 55.0 Å². The van der Waals surface area contributed by atoms with Crippen LogP contribution in [-0.4, -0.2) is 5.78 Å². The molecule has 0 aromatic heterocycles. The van der Waals surface area contributed by atoms with Crippen molar-refractivity contribution in [2.45, 2.75) is 33.1 Å². The van der Waals surface area contributed by atoms with E-state index in [2.05, 4.69) is 37.3 Å². The zero-order valence-corrected chi connectivity index (χ0v) is 11.6. The summed E-state index contributed by atoms with van der Waals surface area (Å²) < 4.78 is 0. The van der Waals surface area contributed by atoms with Crippen molar-refractivity contribution in [3.63, 3.8) is 0 Å². The molecule has 0 amide bonds. The molecular weight excluding hydrogens is 232 g/mol. The van der Waals surface area contributed by atoms with E-state index < -0.39 is 0 Å². The zero-order chi connectivity index (χ0) is 13.7. The van der Waals surface area contributed by atoms with Crippen LogP contribution in [0, 0.1) is 0 Å². The number of carbonyl (C=O) groups excluding carboxylic acids is 1. The first-order valence-corrected chi connectivity index (χ1v) is 6.86. The third kappa shape index (κ3) is 3.78. The molecule has 98 valence electrons. The van der Waals surface area contributed by atoms with Crippen molar-refractivity contribution in [2.24, 2.45) is 0 Å². The van der Waals surface area contributed by atoms with Gasteiger partial charge in [0.25, 0.3) is 0 Å². The van der Waals surface area contributed by atoms with E-state index in [4.69, 9.17) is 0 Å². The Morgan fingerprint density at radius 3 is 2.16 bits per heavy atom. The highest BCUT2D eigenvalue weighted by Crippen LogP contribution is 2.14. The van der Waals surface area contributed by atoms with E-state index >= 15 is 0 Å².